The van der Waals surface area contributed by atoms with Crippen molar-refractivity contribution in [1.29, 1.82) is 0 Å². The fourth-order valence-corrected chi connectivity index (χ4v) is 1.39. The van der Waals surface area contributed by atoms with Gasteiger partial charge in [-0.1, -0.05) is 19.4 Å². The topological polar surface area (TPSA) is 84.6 Å². The van der Waals surface area contributed by atoms with Crippen LogP contribution in [0.2, 0.25) is 0 Å². The van der Waals surface area contributed by atoms with Crippen LogP contribution in [0.15, 0.2) is 29.4 Å². The lowest BCUT2D eigenvalue weighted by molar-refractivity contribution is -0.384. The van der Waals surface area contributed by atoms with Crippen molar-refractivity contribution < 1.29 is 9.72 Å². The molecule has 0 saturated heterocycles. The number of carbonyl (C=O) groups excluding carboxylic acids is 1. The van der Waals surface area contributed by atoms with Crippen LogP contribution in [-0.2, 0) is 0 Å². The largest absolute Gasteiger partial charge is 0.271 e. The average molecular weight is 249 g/mol. The second-order valence-electron chi connectivity index (χ2n) is 3.85. The van der Waals surface area contributed by atoms with Crippen LogP contribution >= 0.6 is 0 Å². The molecule has 1 N–H and O–H groups in total. The Kier molecular flexibility index (Phi) is 4.98. The normalized spacial score (nSPS) is 11.1. The lowest BCUT2D eigenvalue weighted by Crippen LogP contribution is -2.19. The molecule has 0 aliphatic heterocycles. The Balaban J connectivity index is 2.76. The van der Waals surface area contributed by atoms with Gasteiger partial charge in [0.2, 0.25) is 0 Å². The smallest absolute Gasteiger partial charge is 0.267 e. The van der Waals surface area contributed by atoms with Crippen molar-refractivity contribution in [3.63, 3.8) is 0 Å². The predicted molar refractivity (Wildman–Crippen MR) is 68.6 cm³/mol. The Morgan fingerprint density at radius 3 is 2.83 bits per heavy atom. The molecule has 6 nitrogen and oxygen atoms in total. The number of amides is 1. The first kappa shape index (κ1) is 13.8. The van der Waals surface area contributed by atoms with E-state index in [0.717, 1.165) is 18.6 Å². The number of nitrogens with zero attached hydrogens (tertiary/aromatic N) is 2. The van der Waals surface area contributed by atoms with E-state index < -0.39 is 10.8 Å². The van der Waals surface area contributed by atoms with E-state index >= 15 is 0 Å². The van der Waals surface area contributed by atoms with Crippen molar-refractivity contribution in [3.8, 4) is 0 Å². The average Bonchev–Trinajstić information content (AvgIpc) is 2.36. The van der Waals surface area contributed by atoms with Crippen molar-refractivity contribution in [3.05, 3.63) is 39.9 Å². The minimum atomic E-state index is -0.539. The molecular formula is C12H15N3O3. The summed E-state index contributed by atoms with van der Waals surface area (Å²) in [5.74, 6) is -0.450. The van der Waals surface area contributed by atoms with E-state index in [1.807, 2.05) is 13.8 Å². The van der Waals surface area contributed by atoms with Gasteiger partial charge in [0.1, 0.15) is 0 Å². The molecule has 18 heavy (non-hydrogen) atoms. The molecule has 0 radical (unpaired) electrons. The molecular weight excluding hydrogens is 234 g/mol. The Bertz CT molecular complexity index is 483. The van der Waals surface area contributed by atoms with Crippen LogP contribution in [0, 0.1) is 10.1 Å². The molecule has 1 aromatic rings. The van der Waals surface area contributed by atoms with Crippen molar-refractivity contribution in [2.75, 3.05) is 0 Å². The summed E-state index contributed by atoms with van der Waals surface area (Å²) >= 11 is 0. The highest BCUT2D eigenvalue weighted by Gasteiger charge is 2.10. The molecule has 0 aromatic heterocycles. The lowest BCUT2D eigenvalue weighted by Gasteiger charge is -2.01. The molecule has 0 saturated carbocycles. The number of nitro groups is 1. The SMILES string of the molecule is CCC/C(C)=N/NC(=O)c1cccc([N+](=O)[O-])c1. The highest BCUT2D eigenvalue weighted by Crippen LogP contribution is 2.12. The Labute approximate surface area is 105 Å². The molecule has 1 rings (SSSR count). The van der Waals surface area contributed by atoms with Gasteiger partial charge in [-0.3, -0.25) is 14.9 Å². The molecule has 0 atom stereocenters. The van der Waals surface area contributed by atoms with E-state index in [4.69, 9.17) is 0 Å². The van der Waals surface area contributed by atoms with E-state index in [-0.39, 0.29) is 11.3 Å². The first-order valence-electron chi connectivity index (χ1n) is 5.62. The molecule has 6 heteroatoms. The number of rotatable bonds is 5. The Morgan fingerprint density at radius 2 is 2.22 bits per heavy atom. The standard InChI is InChI=1S/C12H15N3O3/c1-3-5-9(2)13-14-12(16)10-6-4-7-11(8-10)15(17)18/h4,6-8H,3,5H2,1-2H3,(H,14,16)/b13-9+. The van der Waals surface area contributed by atoms with E-state index in [9.17, 15) is 14.9 Å². The maximum Gasteiger partial charge on any atom is 0.271 e. The molecule has 1 amide bonds. The van der Waals surface area contributed by atoms with Crippen molar-refractivity contribution in [2.24, 2.45) is 5.10 Å². The van der Waals surface area contributed by atoms with Crippen LogP contribution in [0.1, 0.15) is 37.0 Å². The second kappa shape index (κ2) is 6.48. The summed E-state index contributed by atoms with van der Waals surface area (Å²) in [6, 6.07) is 5.53. The summed E-state index contributed by atoms with van der Waals surface area (Å²) in [4.78, 5) is 21.7. The number of hydrazone groups is 1. The van der Waals surface area contributed by atoms with Gasteiger partial charge >= 0.3 is 0 Å². The maximum absolute atomic E-state index is 11.7. The quantitative estimate of drug-likeness (QED) is 0.494. The van der Waals surface area contributed by atoms with E-state index in [1.54, 1.807) is 0 Å². The molecule has 0 aliphatic carbocycles. The number of carbonyl (C=O) groups is 1. The molecule has 0 spiro atoms. The number of hydrogen-bond donors (Lipinski definition) is 1. The van der Waals surface area contributed by atoms with Gasteiger partial charge in [-0.2, -0.15) is 5.10 Å². The van der Waals surface area contributed by atoms with E-state index in [0.29, 0.717) is 0 Å². The molecule has 0 aliphatic rings. The lowest BCUT2D eigenvalue weighted by atomic mass is 10.2. The van der Waals surface area contributed by atoms with Gasteiger partial charge in [0, 0.05) is 23.4 Å². The van der Waals surface area contributed by atoms with Crippen molar-refractivity contribution in [2.45, 2.75) is 26.7 Å². The fourth-order valence-electron chi connectivity index (χ4n) is 1.39. The zero-order chi connectivity index (χ0) is 13.5. The third-order valence-electron chi connectivity index (χ3n) is 2.28. The van der Waals surface area contributed by atoms with Gasteiger partial charge < -0.3 is 0 Å². The Morgan fingerprint density at radius 1 is 1.50 bits per heavy atom. The van der Waals surface area contributed by atoms with E-state index in [2.05, 4.69) is 10.5 Å². The number of nitro benzene ring substituents is 1. The third kappa shape index (κ3) is 3.97. The van der Waals surface area contributed by atoms with Crippen LogP contribution in [0.25, 0.3) is 0 Å². The van der Waals surface area contributed by atoms with Gasteiger partial charge in [-0.05, 0) is 19.4 Å². The molecule has 0 bridgehead atoms. The van der Waals surface area contributed by atoms with Gasteiger partial charge in [0.25, 0.3) is 11.6 Å². The monoisotopic (exact) mass is 249 g/mol. The predicted octanol–water partition coefficient (Wildman–Crippen LogP) is 2.50. The minimum Gasteiger partial charge on any atom is -0.267 e. The highest BCUT2D eigenvalue weighted by molar-refractivity contribution is 5.95. The number of benzene rings is 1. The minimum absolute atomic E-state index is 0.114. The molecule has 96 valence electrons. The second-order valence-corrected chi connectivity index (χ2v) is 3.85. The molecule has 0 unspecified atom stereocenters. The molecule has 0 fully saturated rings. The summed E-state index contributed by atoms with van der Waals surface area (Å²) in [6.45, 7) is 3.83. The maximum atomic E-state index is 11.7. The summed E-state index contributed by atoms with van der Waals surface area (Å²) in [5, 5.41) is 14.5. The van der Waals surface area contributed by atoms with Crippen LogP contribution < -0.4 is 5.43 Å². The zero-order valence-corrected chi connectivity index (χ0v) is 10.3. The Hall–Kier alpha value is -2.24. The molecule has 1 aromatic carbocycles. The van der Waals surface area contributed by atoms with Crippen molar-refractivity contribution >= 4 is 17.3 Å². The number of non-ortho nitro benzene ring substituents is 1. The summed E-state index contributed by atoms with van der Waals surface area (Å²) in [5.41, 5.74) is 3.30. The summed E-state index contributed by atoms with van der Waals surface area (Å²) in [7, 11) is 0. The third-order valence-corrected chi connectivity index (χ3v) is 2.28. The van der Waals surface area contributed by atoms with Crippen LogP contribution in [0.3, 0.4) is 0 Å². The number of nitrogens with one attached hydrogen (secondary N) is 1. The van der Waals surface area contributed by atoms with Crippen molar-refractivity contribution in [1.82, 2.24) is 5.43 Å². The van der Waals surface area contributed by atoms with Gasteiger partial charge in [-0.25, -0.2) is 5.43 Å². The molecule has 0 heterocycles. The first-order valence-corrected chi connectivity index (χ1v) is 5.62. The van der Waals surface area contributed by atoms with Crippen LogP contribution in [-0.4, -0.2) is 16.5 Å². The van der Waals surface area contributed by atoms with Gasteiger partial charge in [0.05, 0.1) is 4.92 Å². The summed E-state index contributed by atoms with van der Waals surface area (Å²) < 4.78 is 0. The highest BCUT2D eigenvalue weighted by atomic mass is 16.6. The van der Waals surface area contributed by atoms with Crippen LogP contribution in [0.4, 0.5) is 5.69 Å². The van der Waals surface area contributed by atoms with Crippen LogP contribution in [0.5, 0.6) is 0 Å². The fraction of sp³-hybridized carbons (Fsp3) is 0.333. The van der Waals surface area contributed by atoms with Gasteiger partial charge in [-0.15, -0.1) is 0 Å². The van der Waals surface area contributed by atoms with E-state index in [1.165, 1.54) is 24.3 Å². The zero-order valence-electron chi connectivity index (χ0n) is 10.3. The van der Waals surface area contributed by atoms with Gasteiger partial charge in [0.15, 0.2) is 0 Å². The number of hydrogen-bond acceptors (Lipinski definition) is 4. The first-order chi connectivity index (χ1) is 8.54. The summed E-state index contributed by atoms with van der Waals surface area (Å²) in [6.07, 6.45) is 1.75.